The minimum atomic E-state index is -1.19. The lowest BCUT2D eigenvalue weighted by atomic mass is 10.2. The van der Waals surface area contributed by atoms with Crippen LogP contribution in [0.15, 0.2) is 12.2 Å². The van der Waals surface area contributed by atoms with Crippen LogP contribution in [0, 0.1) is 0 Å². The average molecular weight is 149 g/mol. The zero-order chi connectivity index (χ0) is 7.44. The molecular weight excluding hydrogens is 144 g/mol. The Morgan fingerprint density at radius 1 is 1.56 bits per heavy atom. The first kappa shape index (κ1) is 8.17. The van der Waals surface area contributed by atoms with E-state index in [1.165, 1.54) is 0 Å². The highest BCUT2D eigenvalue weighted by Crippen LogP contribution is 2.00. The van der Waals surface area contributed by atoms with E-state index in [1.807, 2.05) is 0 Å². The second kappa shape index (κ2) is 3.25. The lowest BCUT2D eigenvalue weighted by molar-refractivity contribution is -0.133. The maximum Gasteiger partial charge on any atom is 0.331 e. The van der Waals surface area contributed by atoms with Gasteiger partial charge in [0.1, 0.15) is 0 Å². The van der Waals surface area contributed by atoms with Crippen molar-refractivity contribution < 1.29 is 14.7 Å². The van der Waals surface area contributed by atoms with Gasteiger partial charge in [-0.2, -0.15) is 0 Å². The van der Waals surface area contributed by atoms with Gasteiger partial charge in [-0.05, 0) is 11.6 Å². The highest BCUT2D eigenvalue weighted by molar-refractivity contribution is 6.63. The molecule has 0 aliphatic rings. The lowest BCUT2D eigenvalue weighted by Crippen LogP contribution is -2.01. The SMILES string of the molecule is C=C(CC(=O)Cl)C(=O)O. The van der Waals surface area contributed by atoms with E-state index < -0.39 is 11.2 Å². The first-order chi connectivity index (χ1) is 4.04. The summed E-state index contributed by atoms with van der Waals surface area (Å²) < 4.78 is 0. The summed E-state index contributed by atoms with van der Waals surface area (Å²) in [5, 5.41) is 7.41. The Bertz CT molecular complexity index is 162. The fourth-order valence-electron chi connectivity index (χ4n) is 0.243. The lowest BCUT2D eigenvalue weighted by Gasteiger charge is -1.90. The fraction of sp³-hybridized carbons (Fsp3) is 0.200. The smallest absolute Gasteiger partial charge is 0.331 e. The molecular formula is C5H5ClO3. The quantitative estimate of drug-likeness (QED) is 0.476. The Hall–Kier alpha value is -0.830. The Labute approximate surface area is 56.9 Å². The Morgan fingerprint density at radius 2 is 2.00 bits per heavy atom. The molecule has 0 spiro atoms. The molecule has 0 aromatic heterocycles. The normalized spacial score (nSPS) is 8.56. The Morgan fingerprint density at radius 3 is 2.11 bits per heavy atom. The summed E-state index contributed by atoms with van der Waals surface area (Å²) in [5.74, 6) is -1.19. The minimum absolute atomic E-state index is 0.185. The maximum absolute atomic E-state index is 10.00. The van der Waals surface area contributed by atoms with Crippen molar-refractivity contribution in [1.82, 2.24) is 0 Å². The van der Waals surface area contributed by atoms with E-state index in [9.17, 15) is 9.59 Å². The molecule has 0 radical (unpaired) electrons. The van der Waals surface area contributed by atoms with Crippen molar-refractivity contribution in [1.29, 1.82) is 0 Å². The number of rotatable bonds is 3. The van der Waals surface area contributed by atoms with Gasteiger partial charge in [-0.15, -0.1) is 0 Å². The standard InChI is InChI=1S/C5H5ClO3/c1-3(5(8)9)2-4(6)7/h1-2H2,(H,8,9). The minimum Gasteiger partial charge on any atom is -0.478 e. The molecule has 0 saturated heterocycles. The molecule has 0 atom stereocenters. The van der Waals surface area contributed by atoms with Crippen LogP contribution in [0.1, 0.15) is 6.42 Å². The van der Waals surface area contributed by atoms with Crippen LogP contribution in [-0.2, 0) is 9.59 Å². The van der Waals surface area contributed by atoms with E-state index in [2.05, 4.69) is 6.58 Å². The van der Waals surface area contributed by atoms with E-state index in [4.69, 9.17) is 16.7 Å². The molecule has 0 aliphatic carbocycles. The molecule has 9 heavy (non-hydrogen) atoms. The summed E-state index contributed by atoms with van der Waals surface area (Å²) in [6, 6.07) is 0. The summed E-state index contributed by atoms with van der Waals surface area (Å²) in [5.41, 5.74) is -0.185. The van der Waals surface area contributed by atoms with Gasteiger partial charge in [0.2, 0.25) is 5.24 Å². The van der Waals surface area contributed by atoms with Crippen LogP contribution in [0.3, 0.4) is 0 Å². The molecule has 0 aromatic rings. The Balaban J connectivity index is 3.79. The molecule has 0 rings (SSSR count). The summed E-state index contributed by atoms with van der Waals surface area (Å²) in [6.07, 6.45) is -0.295. The van der Waals surface area contributed by atoms with Gasteiger partial charge in [-0.1, -0.05) is 6.58 Å². The van der Waals surface area contributed by atoms with Gasteiger partial charge in [-0.3, -0.25) is 4.79 Å². The summed E-state index contributed by atoms with van der Waals surface area (Å²) >= 11 is 4.85. The van der Waals surface area contributed by atoms with Gasteiger partial charge >= 0.3 is 5.97 Å². The second-order valence-electron chi connectivity index (χ2n) is 1.44. The predicted molar refractivity (Wildman–Crippen MR) is 32.3 cm³/mol. The van der Waals surface area contributed by atoms with Crippen molar-refractivity contribution in [2.75, 3.05) is 0 Å². The molecule has 3 nitrogen and oxygen atoms in total. The topological polar surface area (TPSA) is 54.4 Å². The third-order valence-corrected chi connectivity index (χ3v) is 0.788. The summed E-state index contributed by atoms with van der Waals surface area (Å²) in [6.45, 7) is 3.09. The highest BCUT2D eigenvalue weighted by Gasteiger charge is 2.06. The van der Waals surface area contributed by atoms with Crippen molar-refractivity contribution >= 4 is 22.8 Å². The molecule has 0 aliphatic heterocycles. The van der Waals surface area contributed by atoms with E-state index in [0.717, 1.165) is 0 Å². The number of carboxylic acid groups (broad SMARTS) is 1. The number of carbonyl (C=O) groups is 2. The molecule has 4 heteroatoms. The molecule has 0 bridgehead atoms. The van der Waals surface area contributed by atoms with Crippen LogP contribution >= 0.6 is 11.6 Å². The van der Waals surface area contributed by atoms with Crippen molar-refractivity contribution in [3.63, 3.8) is 0 Å². The van der Waals surface area contributed by atoms with E-state index in [0.29, 0.717) is 0 Å². The molecule has 0 aromatic carbocycles. The maximum atomic E-state index is 10.00. The number of hydrogen-bond acceptors (Lipinski definition) is 2. The van der Waals surface area contributed by atoms with Gasteiger partial charge in [-0.25, -0.2) is 4.79 Å². The number of hydrogen-bond donors (Lipinski definition) is 1. The number of aliphatic carboxylic acids is 1. The molecule has 0 fully saturated rings. The van der Waals surface area contributed by atoms with E-state index in [1.54, 1.807) is 0 Å². The molecule has 0 unspecified atom stereocenters. The number of carboxylic acids is 1. The van der Waals surface area contributed by atoms with Crippen LogP contribution in [0.2, 0.25) is 0 Å². The van der Waals surface area contributed by atoms with Crippen molar-refractivity contribution in [3.8, 4) is 0 Å². The van der Waals surface area contributed by atoms with Crippen LogP contribution in [0.5, 0.6) is 0 Å². The van der Waals surface area contributed by atoms with Crippen LogP contribution < -0.4 is 0 Å². The molecule has 0 amide bonds. The van der Waals surface area contributed by atoms with Gasteiger partial charge in [0.25, 0.3) is 0 Å². The highest BCUT2D eigenvalue weighted by atomic mass is 35.5. The van der Waals surface area contributed by atoms with Crippen molar-refractivity contribution in [2.45, 2.75) is 6.42 Å². The van der Waals surface area contributed by atoms with E-state index >= 15 is 0 Å². The third-order valence-electron chi connectivity index (χ3n) is 0.655. The van der Waals surface area contributed by atoms with E-state index in [-0.39, 0.29) is 12.0 Å². The van der Waals surface area contributed by atoms with Gasteiger partial charge in [0.15, 0.2) is 0 Å². The Kier molecular flexibility index (Phi) is 2.95. The zero-order valence-corrected chi connectivity index (χ0v) is 5.31. The summed E-state index contributed by atoms with van der Waals surface area (Å²) in [7, 11) is 0. The van der Waals surface area contributed by atoms with Gasteiger partial charge < -0.3 is 5.11 Å². The first-order valence-electron chi connectivity index (χ1n) is 2.13. The number of carbonyl (C=O) groups excluding carboxylic acids is 1. The molecule has 0 saturated carbocycles. The first-order valence-corrected chi connectivity index (χ1v) is 2.51. The number of halogens is 1. The predicted octanol–water partition coefficient (Wildman–Crippen LogP) is 0.783. The monoisotopic (exact) mass is 148 g/mol. The van der Waals surface area contributed by atoms with Crippen molar-refractivity contribution in [3.05, 3.63) is 12.2 Å². The molecule has 0 heterocycles. The second-order valence-corrected chi connectivity index (χ2v) is 1.86. The van der Waals surface area contributed by atoms with Crippen LogP contribution in [0.25, 0.3) is 0 Å². The fourth-order valence-corrected chi connectivity index (χ4v) is 0.405. The molecule has 50 valence electrons. The van der Waals surface area contributed by atoms with Crippen LogP contribution in [0.4, 0.5) is 0 Å². The zero-order valence-electron chi connectivity index (χ0n) is 4.56. The third kappa shape index (κ3) is 3.73. The van der Waals surface area contributed by atoms with Crippen LogP contribution in [-0.4, -0.2) is 16.3 Å². The summed E-state index contributed by atoms with van der Waals surface area (Å²) in [4.78, 5) is 19.9. The molecule has 1 N–H and O–H groups in total. The average Bonchev–Trinajstić information content (AvgIpc) is 1.63. The largest absolute Gasteiger partial charge is 0.478 e. The van der Waals surface area contributed by atoms with Gasteiger partial charge in [0.05, 0.1) is 6.42 Å². The van der Waals surface area contributed by atoms with Gasteiger partial charge in [0, 0.05) is 5.57 Å². The van der Waals surface area contributed by atoms with Crippen molar-refractivity contribution in [2.24, 2.45) is 0 Å².